The molecule has 0 aliphatic heterocycles. The fraction of sp³-hybridized carbons (Fsp3) is 0.500. The molecule has 2 aromatic rings. The van der Waals surface area contributed by atoms with Gasteiger partial charge in [0, 0.05) is 18.3 Å². The summed E-state index contributed by atoms with van der Waals surface area (Å²) >= 11 is 6.06. The minimum atomic E-state index is -0.0938. The van der Waals surface area contributed by atoms with Crippen molar-refractivity contribution >= 4 is 23.1 Å². The van der Waals surface area contributed by atoms with Gasteiger partial charge in [0.25, 0.3) is 0 Å². The lowest BCUT2D eigenvalue weighted by molar-refractivity contribution is -0.146. The van der Waals surface area contributed by atoms with Crippen LogP contribution in [0.1, 0.15) is 37.4 Å². The van der Waals surface area contributed by atoms with Gasteiger partial charge in [-0.05, 0) is 25.7 Å². The first-order chi connectivity index (χ1) is 9.70. The average Bonchev–Trinajstić information content (AvgIpc) is 2.92. The number of esters is 1. The Morgan fingerprint density at radius 3 is 2.80 bits per heavy atom. The average molecular weight is 294 g/mol. The highest BCUT2D eigenvalue weighted by atomic mass is 35.5. The highest BCUT2D eigenvalue weighted by molar-refractivity contribution is 6.32. The molecule has 1 aliphatic rings. The number of aromatic nitrogens is 3. The summed E-state index contributed by atoms with van der Waals surface area (Å²) in [6.07, 6.45) is 8.92. The van der Waals surface area contributed by atoms with Crippen LogP contribution in [0.2, 0.25) is 5.15 Å². The van der Waals surface area contributed by atoms with Gasteiger partial charge < -0.3 is 4.74 Å². The van der Waals surface area contributed by atoms with E-state index in [9.17, 15) is 4.79 Å². The van der Waals surface area contributed by atoms with Gasteiger partial charge in [0.15, 0.2) is 5.15 Å². The van der Waals surface area contributed by atoms with Gasteiger partial charge in [-0.15, -0.1) is 0 Å². The van der Waals surface area contributed by atoms with Gasteiger partial charge in [0.2, 0.25) is 0 Å². The molecule has 0 bridgehead atoms. The highest BCUT2D eigenvalue weighted by Gasteiger charge is 2.29. The van der Waals surface area contributed by atoms with Crippen LogP contribution >= 0.6 is 11.6 Å². The van der Waals surface area contributed by atoms with E-state index >= 15 is 0 Å². The van der Waals surface area contributed by atoms with Crippen LogP contribution in [0.4, 0.5) is 0 Å². The molecule has 0 spiro atoms. The van der Waals surface area contributed by atoms with Crippen molar-refractivity contribution in [1.82, 2.24) is 14.4 Å². The molecular formula is C14H16ClN3O2. The molecule has 0 amide bonds. The third kappa shape index (κ3) is 2.26. The van der Waals surface area contributed by atoms with E-state index in [1.807, 2.05) is 10.6 Å². The number of hydrogen-bond donors (Lipinski definition) is 0. The molecule has 1 aliphatic carbocycles. The van der Waals surface area contributed by atoms with E-state index in [0.717, 1.165) is 37.0 Å². The Kier molecular flexibility index (Phi) is 3.61. The summed E-state index contributed by atoms with van der Waals surface area (Å²) in [5.41, 5.74) is 0.833. The highest BCUT2D eigenvalue weighted by Crippen LogP contribution is 2.36. The second kappa shape index (κ2) is 5.40. The molecule has 2 heterocycles. The summed E-state index contributed by atoms with van der Waals surface area (Å²) in [6.45, 7) is 0. The van der Waals surface area contributed by atoms with Crippen molar-refractivity contribution in [3.63, 3.8) is 0 Å². The van der Waals surface area contributed by atoms with Crippen LogP contribution in [-0.4, -0.2) is 27.4 Å². The summed E-state index contributed by atoms with van der Waals surface area (Å²) in [5.74, 6) is 1.31. The van der Waals surface area contributed by atoms with Crippen LogP contribution in [0.5, 0.6) is 0 Å². The van der Waals surface area contributed by atoms with Gasteiger partial charge in [-0.25, -0.2) is 9.97 Å². The first kappa shape index (κ1) is 13.4. The Morgan fingerprint density at radius 2 is 2.10 bits per heavy atom. The minimum absolute atomic E-state index is 0.0349. The predicted octanol–water partition coefficient (Wildman–Crippen LogP) is 2.83. The molecule has 0 radical (unpaired) electrons. The fourth-order valence-electron chi connectivity index (χ4n) is 2.97. The Morgan fingerprint density at radius 1 is 1.35 bits per heavy atom. The van der Waals surface area contributed by atoms with Gasteiger partial charge in [-0.1, -0.05) is 11.6 Å². The van der Waals surface area contributed by atoms with Crippen molar-refractivity contribution in [2.24, 2.45) is 5.92 Å². The molecular weight excluding hydrogens is 278 g/mol. The van der Waals surface area contributed by atoms with Crippen molar-refractivity contribution in [3.05, 3.63) is 29.6 Å². The van der Waals surface area contributed by atoms with Crippen LogP contribution in [0.15, 0.2) is 18.6 Å². The summed E-state index contributed by atoms with van der Waals surface area (Å²) < 4.78 is 6.81. The van der Waals surface area contributed by atoms with E-state index in [4.69, 9.17) is 16.3 Å². The quantitative estimate of drug-likeness (QED) is 0.799. The third-order valence-corrected chi connectivity index (χ3v) is 4.36. The molecule has 3 rings (SSSR count). The van der Waals surface area contributed by atoms with Gasteiger partial charge in [-0.2, -0.15) is 0 Å². The van der Waals surface area contributed by atoms with Crippen molar-refractivity contribution in [1.29, 1.82) is 0 Å². The normalized spacial score (nSPS) is 22.9. The van der Waals surface area contributed by atoms with E-state index in [1.54, 1.807) is 12.4 Å². The first-order valence-corrected chi connectivity index (χ1v) is 7.13. The fourth-order valence-corrected chi connectivity index (χ4v) is 3.17. The molecule has 0 saturated heterocycles. The molecule has 106 valence electrons. The topological polar surface area (TPSA) is 56.5 Å². The number of imidazole rings is 1. The van der Waals surface area contributed by atoms with E-state index in [-0.39, 0.29) is 11.9 Å². The molecule has 0 N–H and O–H groups in total. The van der Waals surface area contributed by atoms with Crippen LogP contribution < -0.4 is 0 Å². The molecule has 0 atom stereocenters. The molecule has 5 nitrogen and oxygen atoms in total. The summed E-state index contributed by atoms with van der Waals surface area (Å²) in [7, 11) is 1.45. The number of carbonyl (C=O) groups excluding carboxylic acids is 1. The number of hydrogen-bond acceptors (Lipinski definition) is 4. The molecule has 20 heavy (non-hydrogen) atoms. The van der Waals surface area contributed by atoms with Gasteiger partial charge in [0.1, 0.15) is 11.3 Å². The van der Waals surface area contributed by atoms with E-state index in [1.165, 1.54) is 7.11 Å². The maximum atomic E-state index is 11.5. The lowest BCUT2D eigenvalue weighted by Crippen LogP contribution is -2.22. The van der Waals surface area contributed by atoms with E-state index in [2.05, 4.69) is 9.97 Å². The molecule has 0 aromatic carbocycles. The molecule has 2 aromatic heterocycles. The number of carbonyl (C=O) groups is 1. The number of nitrogens with zero attached hydrogens (tertiary/aromatic N) is 3. The van der Waals surface area contributed by atoms with Crippen LogP contribution in [-0.2, 0) is 9.53 Å². The van der Waals surface area contributed by atoms with Crippen molar-refractivity contribution < 1.29 is 9.53 Å². The number of fused-ring (bicyclic) bond motifs is 1. The Balaban J connectivity index is 1.80. The summed E-state index contributed by atoms with van der Waals surface area (Å²) in [5, 5.41) is 0.467. The number of methoxy groups -OCH3 is 1. The second-order valence-corrected chi connectivity index (χ2v) is 5.52. The Hall–Kier alpha value is -1.62. The SMILES string of the molecule is COC(=O)C1CCC(c2ncc3c(Cl)nccn23)CC1. The van der Waals surface area contributed by atoms with Crippen LogP contribution in [0, 0.1) is 5.92 Å². The summed E-state index contributed by atoms with van der Waals surface area (Å²) in [6, 6.07) is 0. The molecule has 0 unspecified atom stereocenters. The summed E-state index contributed by atoms with van der Waals surface area (Å²) in [4.78, 5) is 20.1. The largest absolute Gasteiger partial charge is 0.469 e. The third-order valence-electron chi connectivity index (χ3n) is 4.07. The smallest absolute Gasteiger partial charge is 0.308 e. The number of ether oxygens (including phenoxy) is 1. The molecule has 1 saturated carbocycles. The second-order valence-electron chi connectivity index (χ2n) is 5.16. The predicted molar refractivity (Wildman–Crippen MR) is 74.7 cm³/mol. The zero-order valence-corrected chi connectivity index (χ0v) is 12.0. The van der Waals surface area contributed by atoms with Gasteiger partial charge in [0.05, 0.1) is 19.2 Å². The van der Waals surface area contributed by atoms with Crippen LogP contribution in [0.3, 0.4) is 0 Å². The standard InChI is InChI=1S/C14H16ClN3O2/c1-20-14(19)10-4-2-9(3-5-10)13-17-8-11-12(15)16-6-7-18(11)13/h6-10H,2-5H2,1H3. The maximum Gasteiger partial charge on any atom is 0.308 e. The molecule has 1 fully saturated rings. The monoisotopic (exact) mass is 293 g/mol. The zero-order valence-electron chi connectivity index (χ0n) is 11.3. The van der Waals surface area contributed by atoms with Gasteiger partial charge >= 0.3 is 5.97 Å². The number of halogens is 1. The van der Waals surface area contributed by atoms with E-state index in [0.29, 0.717) is 11.1 Å². The van der Waals surface area contributed by atoms with Crippen molar-refractivity contribution in [2.45, 2.75) is 31.6 Å². The van der Waals surface area contributed by atoms with Crippen molar-refractivity contribution in [3.8, 4) is 0 Å². The van der Waals surface area contributed by atoms with Crippen LogP contribution in [0.25, 0.3) is 5.52 Å². The Bertz CT molecular complexity index is 632. The first-order valence-electron chi connectivity index (χ1n) is 6.76. The lowest BCUT2D eigenvalue weighted by atomic mass is 9.81. The zero-order chi connectivity index (χ0) is 14.1. The Labute approximate surface area is 121 Å². The van der Waals surface area contributed by atoms with Gasteiger partial charge in [-0.3, -0.25) is 9.20 Å². The maximum absolute atomic E-state index is 11.5. The minimum Gasteiger partial charge on any atom is -0.469 e. The van der Waals surface area contributed by atoms with E-state index < -0.39 is 0 Å². The number of rotatable bonds is 2. The lowest BCUT2D eigenvalue weighted by Gasteiger charge is -2.26. The molecule has 6 heteroatoms. The van der Waals surface area contributed by atoms with Crippen molar-refractivity contribution in [2.75, 3.05) is 7.11 Å².